The van der Waals surface area contributed by atoms with Crippen molar-refractivity contribution in [3.63, 3.8) is 0 Å². The molecule has 4 heterocycles. The van der Waals surface area contributed by atoms with Gasteiger partial charge in [0.25, 0.3) is 5.91 Å². The SMILES string of the molecule is COC(=O)NCC(=O)N1C[C@H]2CC[C@@H]1CN(C(=O)c1cnccn1)C2. The van der Waals surface area contributed by atoms with Gasteiger partial charge >= 0.3 is 6.09 Å². The number of aromatic nitrogens is 2. The third-order valence-corrected chi connectivity index (χ3v) is 4.67. The zero-order valence-corrected chi connectivity index (χ0v) is 14.1. The Labute approximate surface area is 145 Å². The third-order valence-electron chi connectivity index (χ3n) is 4.67. The van der Waals surface area contributed by atoms with Crippen molar-refractivity contribution in [3.8, 4) is 0 Å². The Balaban J connectivity index is 1.67. The molecule has 2 atom stereocenters. The van der Waals surface area contributed by atoms with Crippen LogP contribution in [0.15, 0.2) is 18.6 Å². The van der Waals surface area contributed by atoms with Gasteiger partial charge in [-0.2, -0.15) is 0 Å². The molecule has 3 aliphatic rings. The van der Waals surface area contributed by atoms with Crippen LogP contribution < -0.4 is 5.32 Å². The molecule has 3 saturated heterocycles. The van der Waals surface area contributed by atoms with Crippen LogP contribution in [-0.2, 0) is 9.53 Å². The molecule has 134 valence electrons. The molecule has 9 nitrogen and oxygen atoms in total. The van der Waals surface area contributed by atoms with Gasteiger partial charge in [-0.15, -0.1) is 0 Å². The van der Waals surface area contributed by atoms with Crippen molar-refractivity contribution in [1.82, 2.24) is 25.1 Å². The first-order valence-corrected chi connectivity index (χ1v) is 8.25. The Morgan fingerprint density at radius 2 is 2.08 bits per heavy atom. The van der Waals surface area contributed by atoms with Gasteiger partial charge in [0, 0.05) is 38.1 Å². The van der Waals surface area contributed by atoms with Gasteiger partial charge in [0.15, 0.2) is 0 Å². The summed E-state index contributed by atoms with van der Waals surface area (Å²) >= 11 is 0. The van der Waals surface area contributed by atoms with Crippen LogP contribution in [-0.4, -0.2) is 77.0 Å². The summed E-state index contributed by atoms with van der Waals surface area (Å²) < 4.78 is 4.49. The number of carbonyl (C=O) groups excluding carboxylic acids is 3. The van der Waals surface area contributed by atoms with Crippen LogP contribution in [0, 0.1) is 5.92 Å². The normalized spacial score (nSPS) is 22.3. The van der Waals surface area contributed by atoms with Crippen molar-refractivity contribution in [1.29, 1.82) is 0 Å². The molecule has 0 aromatic carbocycles. The Morgan fingerprint density at radius 3 is 2.80 bits per heavy atom. The standard InChI is InChI=1S/C16H21N5O4/c1-25-16(24)19-7-14(22)21-9-11-2-3-12(21)10-20(8-11)15(23)13-6-17-4-5-18-13/h4-6,11-12H,2-3,7-10H2,1H3,(H,19,24)/t11-,12+/m0/s1. The van der Waals surface area contributed by atoms with E-state index in [-0.39, 0.29) is 30.3 Å². The first-order valence-electron chi connectivity index (χ1n) is 8.25. The quantitative estimate of drug-likeness (QED) is 0.818. The molecule has 3 amide bonds. The van der Waals surface area contributed by atoms with Crippen molar-refractivity contribution in [3.05, 3.63) is 24.3 Å². The molecule has 0 saturated carbocycles. The molecule has 0 unspecified atom stereocenters. The summed E-state index contributed by atoms with van der Waals surface area (Å²) in [5.41, 5.74) is 0.314. The van der Waals surface area contributed by atoms with Crippen LogP contribution in [0.2, 0.25) is 0 Å². The lowest BCUT2D eigenvalue weighted by atomic mass is 9.95. The fraction of sp³-hybridized carbons (Fsp3) is 0.562. The number of hydrogen-bond acceptors (Lipinski definition) is 6. The number of alkyl carbamates (subject to hydrolysis) is 1. The van der Waals surface area contributed by atoms with E-state index in [4.69, 9.17) is 0 Å². The minimum Gasteiger partial charge on any atom is -0.453 e. The van der Waals surface area contributed by atoms with Gasteiger partial charge in [0.05, 0.1) is 13.3 Å². The van der Waals surface area contributed by atoms with E-state index in [1.807, 2.05) is 0 Å². The highest BCUT2D eigenvalue weighted by Gasteiger charge is 2.38. The number of hydrogen-bond donors (Lipinski definition) is 1. The average molecular weight is 347 g/mol. The topological polar surface area (TPSA) is 105 Å². The number of carbonyl (C=O) groups is 3. The van der Waals surface area contributed by atoms with Gasteiger partial charge in [-0.05, 0) is 18.8 Å². The van der Waals surface area contributed by atoms with E-state index in [1.54, 1.807) is 9.80 Å². The fourth-order valence-electron chi connectivity index (χ4n) is 3.45. The van der Waals surface area contributed by atoms with Crippen LogP contribution in [0.25, 0.3) is 0 Å². The number of methoxy groups -OCH3 is 1. The van der Waals surface area contributed by atoms with Crippen molar-refractivity contribution in [2.45, 2.75) is 18.9 Å². The molecule has 4 rings (SSSR count). The van der Waals surface area contributed by atoms with Gasteiger partial charge in [-0.1, -0.05) is 0 Å². The Hall–Kier alpha value is -2.71. The first-order chi connectivity index (χ1) is 12.1. The molecular formula is C16H21N5O4. The lowest BCUT2D eigenvalue weighted by molar-refractivity contribution is -0.134. The van der Waals surface area contributed by atoms with E-state index < -0.39 is 6.09 Å². The van der Waals surface area contributed by atoms with Crippen molar-refractivity contribution in [2.24, 2.45) is 5.92 Å². The average Bonchev–Trinajstić information content (AvgIpc) is 2.97. The number of amides is 3. The number of nitrogens with zero attached hydrogens (tertiary/aromatic N) is 4. The largest absolute Gasteiger partial charge is 0.453 e. The van der Waals surface area contributed by atoms with Crippen LogP contribution in [0.1, 0.15) is 23.3 Å². The molecule has 0 aliphatic carbocycles. The molecule has 25 heavy (non-hydrogen) atoms. The van der Waals surface area contributed by atoms with E-state index in [2.05, 4.69) is 20.0 Å². The minimum atomic E-state index is -0.632. The van der Waals surface area contributed by atoms with E-state index in [9.17, 15) is 14.4 Å². The molecule has 2 bridgehead atoms. The summed E-state index contributed by atoms with van der Waals surface area (Å²) in [6, 6.07) is -0.0497. The molecule has 1 aromatic rings. The fourth-order valence-corrected chi connectivity index (χ4v) is 3.45. The second kappa shape index (κ2) is 7.45. The van der Waals surface area contributed by atoms with Gasteiger partial charge in [-0.25, -0.2) is 9.78 Å². The van der Waals surface area contributed by atoms with Gasteiger partial charge < -0.3 is 19.9 Å². The maximum atomic E-state index is 12.6. The third kappa shape index (κ3) is 3.86. The van der Waals surface area contributed by atoms with Crippen LogP contribution in [0.4, 0.5) is 4.79 Å². The van der Waals surface area contributed by atoms with Gasteiger partial charge in [0.1, 0.15) is 12.2 Å². The minimum absolute atomic E-state index is 0.0497. The Bertz CT molecular complexity index is 653. The smallest absolute Gasteiger partial charge is 0.407 e. The summed E-state index contributed by atoms with van der Waals surface area (Å²) in [6.45, 7) is 1.56. The highest BCUT2D eigenvalue weighted by molar-refractivity contribution is 5.92. The number of rotatable bonds is 3. The van der Waals surface area contributed by atoms with E-state index in [1.165, 1.54) is 25.7 Å². The molecule has 1 N–H and O–H groups in total. The summed E-state index contributed by atoms with van der Waals surface area (Å²) in [7, 11) is 1.25. The number of piperidine rings is 1. The van der Waals surface area contributed by atoms with E-state index >= 15 is 0 Å². The van der Waals surface area contributed by atoms with Crippen molar-refractivity contribution >= 4 is 17.9 Å². The zero-order chi connectivity index (χ0) is 17.8. The second-order valence-corrected chi connectivity index (χ2v) is 6.29. The number of fused-ring (bicyclic) bond motifs is 4. The molecule has 0 radical (unpaired) electrons. The lowest BCUT2D eigenvalue weighted by Gasteiger charge is -2.36. The maximum Gasteiger partial charge on any atom is 0.407 e. The van der Waals surface area contributed by atoms with Gasteiger partial charge in [0.2, 0.25) is 5.91 Å². The number of nitrogens with one attached hydrogen (secondary N) is 1. The van der Waals surface area contributed by atoms with Crippen LogP contribution in [0.3, 0.4) is 0 Å². The Morgan fingerprint density at radius 1 is 1.24 bits per heavy atom. The molecule has 3 fully saturated rings. The molecule has 1 aromatic heterocycles. The van der Waals surface area contributed by atoms with Crippen LogP contribution in [0.5, 0.6) is 0 Å². The predicted molar refractivity (Wildman–Crippen MR) is 86.6 cm³/mol. The predicted octanol–water partition coefficient (Wildman–Crippen LogP) is -0.104. The Kier molecular flexibility index (Phi) is 5.11. The summed E-state index contributed by atoms with van der Waals surface area (Å²) in [4.78, 5) is 47.8. The number of ether oxygens (including phenoxy) is 1. The summed E-state index contributed by atoms with van der Waals surface area (Å²) in [5.74, 6) is -0.0951. The summed E-state index contributed by atoms with van der Waals surface area (Å²) in [5, 5.41) is 2.42. The monoisotopic (exact) mass is 347 g/mol. The van der Waals surface area contributed by atoms with Crippen molar-refractivity contribution < 1.29 is 19.1 Å². The van der Waals surface area contributed by atoms with Crippen LogP contribution >= 0.6 is 0 Å². The zero-order valence-electron chi connectivity index (χ0n) is 14.1. The molecule has 9 heteroatoms. The molecule has 0 spiro atoms. The van der Waals surface area contributed by atoms with E-state index in [0.717, 1.165) is 12.8 Å². The molecule has 3 aliphatic heterocycles. The maximum absolute atomic E-state index is 12.6. The van der Waals surface area contributed by atoms with Crippen molar-refractivity contribution in [2.75, 3.05) is 33.3 Å². The lowest BCUT2D eigenvalue weighted by Crippen LogP contribution is -2.51. The highest BCUT2D eigenvalue weighted by Crippen LogP contribution is 2.28. The summed E-state index contributed by atoms with van der Waals surface area (Å²) in [6.07, 6.45) is 5.67. The second-order valence-electron chi connectivity index (χ2n) is 6.29. The molecular weight excluding hydrogens is 326 g/mol. The van der Waals surface area contributed by atoms with Gasteiger partial charge in [-0.3, -0.25) is 14.6 Å². The highest BCUT2D eigenvalue weighted by atomic mass is 16.5. The first kappa shape index (κ1) is 17.1. The van der Waals surface area contributed by atoms with E-state index in [0.29, 0.717) is 25.3 Å².